The Hall–Kier alpha value is -3.22. The van der Waals surface area contributed by atoms with Crippen LogP contribution in [-0.2, 0) is 4.74 Å². The van der Waals surface area contributed by atoms with Gasteiger partial charge in [0, 0.05) is 35.1 Å². The van der Waals surface area contributed by atoms with Crippen LogP contribution in [0.3, 0.4) is 0 Å². The number of aromatic nitrogens is 3. The molecule has 0 atom stereocenters. The minimum atomic E-state index is -1.16. The molecule has 0 spiro atoms. The van der Waals surface area contributed by atoms with E-state index >= 15 is 0 Å². The molecule has 3 aromatic rings. The predicted molar refractivity (Wildman–Crippen MR) is 74.3 cm³/mol. The first-order chi connectivity index (χ1) is 10.1. The summed E-state index contributed by atoms with van der Waals surface area (Å²) in [5.74, 6) is -0.881. The number of primary amides is 1. The topological polar surface area (TPSA) is 111 Å². The Morgan fingerprint density at radius 3 is 2.62 bits per heavy atom. The third kappa shape index (κ3) is 2.57. The Morgan fingerprint density at radius 1 is 1.10 bits per heavy atom. The van der Waals surface area contributed by atoms with Crippen LogP contribution in [0, 0.1) is 0 Å². The van der Waals surface area contributed by atoms with E-state index in [1.54, 1.807) is 12.3 Å². The fourth-order valence-electron chi connectivity index (χ4n) is 1.93. The number of fused-ring (bicyclic) bond motifs is 1. The molecule has 0 saturated heterocycles. The average molecular weight is 282 g/mol. The second kappa shape index (κ2) is 5.04. The molecule has 1 amide bonds. The number of rotatable bonds is 2. The molecule has 7 nitrogen and oxygen atoms in total. The molecule has 7 heteroatoms. The van der Waals surface area contributed by atoms with Crippen molar-refractivity contribution in [2.45, 2.75) is 0 Å². The SMILES string of the molecule is NC(=O)OC(=O)c1ccc(-c2cnc3[nH]ccc3c2)cn1. The van der Waals surface area contributed by atoms with Crippen LogP contribution in [0.2, 0.25) is 0 Å². The number of aromatic amines is 1. The number of nitrogens with zero attached hydrogens (tertiary/aromatic N) is 2. The van der Waals surface area contributed by atoms with Crippen LogP contribution in [0.4, 0.5) is 4.79 Å². The van der Waals surface area contributed by atoms with Crippen molar-refractivity contribution in [1.82, 2.24) is 15.0 Å². The van der Waals surface area contributed by atoms with Crippen LogP contribution in [0.1, 0.15) is 10.5 Å². The van der Waals surface area contributed by atoms with Crippen molar-refractivity contribution in [3.8, 4) is 11.1 Å². The van der Waals surface area contributed by atoms with Gasteiger partial charge < -0.3 is 15.5 Å². The zero-order chi connectivity index (χ0) is 14.8. The van der Waals surface area contributed by atoms with Crippen molar-refractivity contribution in [1.29, 1.82) is 0 Å². The highest BCUT2D eigenvalue weighted by molar-refractivity contribution is 5.94. The van der Waals surface area contributed by atoms with E-state index in [1.165, 1.54) is 12.3 Å². The molecule has 0 bridgehead atoms. The van der Waals surface area contributed by atoms with Gasteiger partial charge in [0.05, 0.1) is 0 Å². The largest absolute Gasteiger partial charge is 0.412 e. The summed E-state index contributed by atoms with van der Waals surface area (Å²) in [6.07, 6.45) is 3.86. The lowest BCUT2D eigenvalue weighted by molar-refractivity contribution is 0.0632. The number of ether oxygens (including phenoxy) is 1. The minimum absolute atomic E-state index is 0.00762. The summed E-state index contributed by atoms with van der Waals surface area (Å²) in [6, 6.07) is 7.02. The van der Waals surface area contributed by atoms with Gasteiger partial charge in [-0.2, -0.15) is 0 Å². The van der Waals surface area contributed by atoms with Crippen molar-refractivity contribution in [3.05, 3.63) is 48.5 Å². The average Bonchev–Trinajstić information content (AvgIpc) is 2.94. The number of nitrogens with two attached hydrogens (primary N) is 1. The maximum Gasteiger partial charge on any atom is 0.412 e. The molecule has 3 heterocycles. The first-order valence-corrected chi connectivity index (χ1v) is 6.04. The second-order valence-corrected chi connectivity index (χ2v) is 4.28. The lowest BCUT2D eigenvalue weighted by atomic mass is 10.1. The summed E-state index contributed by atoms with van der Waals surface area (Å²) in [5, 5.41) is 0.977. The Labute approximate surface area is 118 Å². The highest BCUT2D eigenvalue weighted by Crippen LogP contribution is 2.21. The predicted octanol–water partition coefficient (Wildman–Crippen LogP) is 1.86. The van der Waals surface area contributed by atoms with Gasteiger partial charge in [-0.15, -0.1) is 0 Å². The molecule has 3 N–H and O–H groups in total. The van der Waals surface area contributed by atoms with Gasteiger partial charge >= 0.3 is 12.1 Å². The normalized spacial score (nSPS) is 10.5. The maximum atomic E-state index is 11.4. The molecule has 0 saturated carbocycles. The zero-order valence-corrected chi connectivity index (χ0v) is 10.7. The smallest absolute Gasteiger partial charge is 0.372 e. The molecule has 21 heavy (non-hydrogen) atoms. The van der Waals surface area contributed by atoms with Crippen LogP contribution >= 0.6 is 0 Å². The maximum absolute atomic E-state index is 11.4. The van der Waals surface area contributed by atoms with E-state index in [-0.39, 0.29) is 5.69 Å². The first-order valence-electron chi connectivity index (χ1n) is 6.04. The summed E-state index contributed by atoms with van der Waals surface area (Å²) in [4.78, 5) is 33.2. The van der Waals surface area contributed by atoms with E-state index in [1.807, 2.05) is 18.3 Å². The molecule has 0 aliphatic carbocycles. The van der Waals surface area contributed by atoms with E-state index < -0.39 is 12.1 Å². The van der Waals surface area contributed by atoms with Crippen LogP contribution in [0.5, 0.6) is 0 Å². The van der Waals surface area contributed by atoms with Gasteiger partial charge in [-0.3, -0.25) is 0 Å². The highest BCUT2D eigenvalue weighted by atomic mass is 16.6. The molecule has 0 aliphatic heterocycles. The molecule has 0 fully saturated rings. The Kier molecular flexibility index (Phi) is 3.07. The first kappa shape index (κ1) is 12.8. The summed E-state index contributed by atoms with van der Waals surface area (Å²) in [5.41, 5.74) is 7.24. The van der Waals surface area contributed by atoms with Crippen LogP contribution in [-0.4, -0.2) is 27.0 Å². The number of carbonyl (C=O) groups excluding carboxylic acids is 2. The quantitative estimate of drug-likeness (QED) is 0.550. The lowest BCUT2D eigenvalue weighted by Gasteiger charge is -2.03. The van der Waals surface area contributed by atoms with E-state index in [4.69, 9.17) is 5.73 Å². The molecule has 0 aliphatic rings. The molecular weight excluding hydrogens is 272 g/mol. The van der Waals surface area contributed by atoms with Gasteiger partial charge in [0.15, 0.2) is 0 Å². The van der Waals surface area contributed by atoms with Crippen molar-refractivity contribution in [2.24, 2.45) is 5.73 Å². The van der Waals surface area contributed by atoms with E-state index in [2.05, 4.69) is 19.7 Å². The number of nitrogens with one attached hydrogen (secondary N) is 1. The van der Waals surface area contributed by atoms with Crippen LogP contribution < -0.4 is 5.73 Å². The third-order valence-corrected chi connectivity index (χ3v) is 2.90. The Morgan fingerprint density at radius 2 is 1.90 bits per heavy atom. The number of hydrogen-bond acceptors (Lipinski definition) is 5. The Bertz CT molecular complexity index is 824. The van der Waals surface area contributed by atoms with Crippen LogP contribution in [0.25, 0.3) is 22.2 Å². The van der Waals surface area contributed by atoms with Gasteiger partial charge in [-0.05, 0) is 18.2 Å². The van der Waals surface area contributed by atoms with Gasteiger partial charge in [0.25, 0.3) is 0 Å². The van der Waals surface area contributed by atoms with E-state index in [9.17, 15) is 9.59 Å². The van der Waals surface area contributed by atoms with Crippen LogP contribution in [0.15, 0.2) is 42.9 Å². The standard InChI is InChI=1S/C14H10N4O3/c15-14(20)21-13(19)11-2-1-9(6-17-11)10-5-8-3-4-16-12(8)18-7-10/h1-7H,(H2,15,20)(H,16,18). The molecule has 104 valence electrons. The monoisotopic (exact) mass is 282 g/mol. The Balaban J connectivity index is 1.89. The summed E-state index contributed by atoms with van der Waals surface area (Å²) in [7, 11) is 0. The van der Waals surface area contributed by atoms with Crippen molar-refractivity contribution < 1.29 is 14.3 Å². The molecule has 0 aromatic carbocycles. The third-order valence-electron chi connectivity index (χ3n) is 2.90. The number of amides is 1. The zero-order valence-electron chi connectivity index (χ0n) is 10.7. The number of carbonyl (C=O) groups is 2. The molecular formula is C14H10N4O3. The van der Waals surface area contributed by atoms with Gasteiger partial charge in [0.1, 0.15) is 11.3 Å². The summed E-state index contributed by atoms with van der Waals surface area (Å²) in [6.45, 7) is 0. The van der Waals surface area contributed by atoms with Crippen molar-refractivity contribution in [2.75, 3.05) is 0 Å². The number of esters is 1. The lowest BCUT2D eigenvalue weighted by Crippen LogP contribution is -2.19. The molecule has 0 unspecified atom stereocenters. The molecule has 3 rings (SSSR count). The number of H-pyrrole nitrogens is 1. The fraction of sp³-hybridized carbons (Fsp3) is 0. The van der Waals surface area contributed by atoms with Crippen molar-refractivity contribution in [3.63, 3.8) is 0 Å². The summed E-state index contributed by atoms with van der Waals surface area (Å²) >= 11 is 0. The van der Waals surface area contributed by atoms with E-state index in [0.29, 0.717) is 0 Å². The van der Waals surface area contributed by atoms with Gasteiger partial charge in [-0.25, -0.2) is 19.6 Å². The number of hydrogen-bond donors (Lipinski definition) is 2. The highest BCUT2D eigenvalue weighted by Gasteiger charge is 2.12. The van der Waals surface area contributed by atoms with Crippen molar-refractivity contribution >= 4 is 23.1 Å². The summed E-state index contributed by atoms with van der Waals surface area (Å²) < 4.78 is 4.25. The van der Waals surface area contributed by atoms with Gasteiger partial charge in [0.2, 0.25) is 0 Å². The second-order valence-electron chi connectivity index (χ2n) is 4.28. The van der Waals surface area contributed by atoms with E-state index in [0.717, 1.165) is 22.2 Å². The fourth-order valence-corrected chi connectivity index (χ4v) is 1.93. The number of pyridine rings is 2. The van der Waals surface area contributed by atoms with Gasteiger partial charge in [-0.1, -0.05) is 6.07 Å². The molecule has 3 aromatic heterocycles. The minimum Gasteiger partial charge on any atom is -0.372 e. The molecule has 0 radical (unpaired) electrons.